The van der Waals surface area contributed by atoms with E-state index in [2.05, 4.69) is 49.0 Å². The van der Waals surface area contributed by atoms with Crippen molar-refractivity contribution in [3.63, 3.8) is 0 Å². The first-order valence-electron chi connectivity index (χ1n) is 6.41. The van der Waals surface area contributed by atoms with Crippen LogP contribution in [0, 0.1) is 5.92 Å². The van der Waals surface area contributed by atoms with Crippen molar-refractivity contribution in [2.45, 2.75) is 20.4 Å². The molecular weight excluding hydrogens is 222 g/mol. The molecule has 0 atom stereocenters. The minimum absolute atomic E-state index is 0.529. The maximum absolute atomic E-state index is 5.77. The minimum Gasteiger partial charge on any atom is -0.359 e. The molecule has 0 aliphatic carbocycles. The Hall–Kier alpha value is -1.61. The molecule has 0 aliphatic rings. The molecule has 96 valence electrons. The molecule has 2 aromatic rings. The number of nitrogens with zero attached hydrogens (tertiary/aromatic N) is 2. The van der Waals surface area contributed by atoms with Crippen LogP contribution in [0.15, 0.2) is 30.5 Å². The molecule has 0 amide bonds. The maximum atomic E-state index is 5.77. The largest absolute Gasteiger partial charge is 0.359 e. The van der Waals surface area contributed by atoms with Crippen molar-refractivity contribution in [1.82, 2.24) is 4.98 Å². The molecule has 0 radical (unpaired) electrons. The monoisotopic (exact) mass is 243 g/mol. The van der Waals surface area contributed by atoms with Gasteiger partial charge in [0.15, 0.2) is 0 Å². The third-order valence-electron chi connectivity index (χ3n) is 3.08. The summed E-state index contributed by atoms with van der Waals surface area (Å²) in [5.41, 5.74) is 6.87. The van der Waals surface area contributed by atoms with Crippen molar-refractivity contribution in [2.75, 3.05) is 18.5 Å². The Morgan fingerprint density at radius 3 is 2.50 bits per heavy atom. The zero-order valence-electron chi connectivity index (χ0n) is 11.4. The highest BCUT2D eigenvalue weighted by Crippen LogP contribution is 2.26. The van der Waals surface area contributed by atoms with Crippen LogP contribution < -0.4 is 10.6 Å². The van der Waals surface area contributed by atoms with Gasteiger partial charge in [0.2, 0.25) is 0 Å². The summed E-state index contributed by atoms with van der Waals surface area (Å²) in [5, 5.41) is 2.39. The Morgan fingerprint density at radius 1 is 1.22 bits per heavy atom. The topological polar surface area (TPSA) is 42.2 Å². The van der Waals surface area contributed by atoms with E-state index in [1.165, 1.54) is 10.8 Å². The van der Waals surface area contributed by atoms with Crippen LogP contribution in [0.3, 0.4) is 0 Å². The van der Waals surface area contributed by atoms with E-state index < -0.39 is 0 Å². The highest BCUT2D eigenvalue weighted by Gasteiger charge is 2.10. The molecule has 1 aromatic heterocycles. The number of pyridine rings is 1. The molecule has 3 heteroatoms. The molecule has 18 heavy (non-hydrogen) atoms. The van der Waals surface area contributed by atoms with Crippen LogP contribution in [0.5, 0.6) is 0 Å². The molecule has 0 aliphatic heterocycles. The van der Waals surface area contributed by atoms with Gasteiger partial charge < -0.3 is 10.6 Å². The van der Waals surface area contributed by atoms with E-state index in [1.807, 2.05) is 12.3 Å². The molecule has 0 spiro atoms. The Labute approximate surface area is 109 Å². The Bertz CT molecular complexity index is 534. The summed E-state index contributed by atoms with van der Waals surface area (Å²) in [7, 11) is 2.09. The third-order valence-corrected chi connectivity index (χ3v) is 3.08. The normalized spacial score (nSPS) is 11.2. The number of rotatable bonds is 4. The summed E-state index contributed by atoms with van der Waals surface area (Å²) in [6, 6.07) is 8.34. The zero-order chi connectivity index (χ0) is 13.1. The number of fused-ring (bicyclic) bond motifs is 1. The van der Waals surface area contributed by atoms with Crippen molar-refractivity contribution in [3.8, 4) is 0 Å². The Balaban J connectivity index is 2.52. The lowest BCUT2D eigenvalue weighted by atomic mass is 10.1. The van der Waals surface area contributed by atoms with Crippen LogP contribution >= 0.6 is 0 Å². The van der Waals surface area contributed by atoms with E-state index in [1.54, 1.807) is 0 Å². The molecule has 0 bridgehead atoms. The van der Waals surface area contributed by atoms with Crippen molar-refractivity contribution in [3.05, 3.63) is 36.0 Å². The SMILES string of the molecule is CC(C)CN(C)c1ncc(CN)c2ccccc12. The number of nitrogens with two attached hydrogens (primary N) is 1. The van der Waals surface area contributed by atoms with Gasteiger partial charge in [0.05, 0.1) is 0 Å². The molecule has 1 aromatic carbocycles. The first-order chi connectivity index (χ1) is 8.63. The summed E-state index contributed by atoms with van der Waals surface area (Å²) < 4.78 is 0. The van der Waals surface area contributed by atoms with Gasteiger partial charge >= 0.3 is 0 Å². The second-order valence-electron chi connectivity index (χ2n) is 5.13. The van der Waals surface area contributed by atoms with Crippen LogP contribution in [-0.2, 0) is 6.54 Å². The van der Waals surface area contributed by atoms with E-state index in [9.17, 15) is 0 Å². The molecule has 2 rings (SSSR count). The highest BCUT2D eigenvalue weighted by molar-refractivity contribution is 5.94. The second kappa shape index (κ2) is 5.36. The van der Waals surface area contributed by atoms with Crippen LogP contribution in [0.1, 0.15) is 19.4 Å². The Morgan fingerprint density at radius 2 is 1.89 bits per heavy atom. The van der Waals surface area contributed by atoms with Gasteiger partial charge in [-0.25, -0.2) is 4.98 Å². The number of aromatic nitrogens is 1. The van der Waals surface area contributed by atoms with E-state index in [4.69, 9.17) is 5.73 Å². The molecule has 3 nitrogen and oxygen atoms in total. The summed E-state index contributed by atoms with van der Waals surface area (Å²) in [6.07, 6.45) is 1.90. The first kappa shape index (κ1) is 12.8. The first-order valence-corrected chi connectivity index (χ1v) is 6.41. The molecule has 0 fully saturated rings. The zero-order valence-corrected chi connectivity index (χ0v) is 11.4. The molecule has 1 heterocycles. The van der Waals surface area contributed by atoms with Crippen LogP contribution in [0.2, 0.25) is 0 Å². The second-order valence-corrected chi connectivity index (χ2v) is 5.13. The van der Waals surface area contributed by atoms with Crippen molar-refractivity contribution < 1.29 is 0 Å². The molecular formula is C15H21N3. The lowest BCUT2D eigenvalue weighted by Gasteiger charge is -2.22. The highest BCUT2D eigenvalue weighted by atomic mass is 15.2. The average Bonchev–Trinajstić information content (AvgIpc) is 2.36. The quantitative estimate of drug-likeness (QED) is 0.898. The van der Waals surface area contributed by atoms with Crippen LogP contribution in [0.25, 0.3) is 10.8 Å². The van der Waals surface area contributed by atoms with Gasteiger partial charge in [0.1, 0.15) is 5.82 Å². The van der Waals surface area contributed by atoms with E-state index >= 15 is 0 Å². The summed E-state index contributed by atoms with van der Waals surface area (Å²) in [6.45, 7) is 5.96. The number of hydrogen-bond donors (Lipinski definition) is 1. The van der Waals surface area contributed by atoms with Gasteiger partial charge in [-0.3, -0.25) is 0 Å². The molecule has 2 N–H and O–H groups in total. The predicted octanol–water partition coefficient (Wildman–Crippen LogP) is 2.79. The van der Waals surface area contributed by atoms with E-state index in [0.29, 0.717) is 12.5 Å². The summed E-state index contributed by atoms with van der Waals surface area (Å²) in [5.74, 6) is 1.65. The molecule has 0 unspecified atom stereocenters. The van der Waals surface area contributed by atoms with Crippen molar-refractivity contribution >= 4 is 16.6 Å². The van der Waals surface area contributed by atoms with Gasteiger partial charge in [-0.05, 0) is 16.9 Å². The predicted molar refractivity (Wildman–Crippen MR) is 77.7 cm³/mol. The van der Waals surface area contributed by atoms with E-state index in [-0.39, 0.29) is 0 Å². The minimum atomic E-state index is 0.529. The number of anilines is 1. The van der Waals surface area contributed by atoms with Crippen LogP contribution in [0.4, 0.5) is 5.82 Å². The maximum Gasteiger partial charge on any atom is 0.136 e. The van der Waals surface area contributed by atoms with E-state index in [0.717, 1.165) is 17.9 Å². The fourth-order valence-corrected chi connectivity index (χ4v) is 2.34. The fraction of sp³-hybridized carbons (Fsp3) is 0.400. The van der Waals surface area contributed by atoms with Gasteiger partial charge in [-0.15, -0.1) is 0 Å². The van der Waals surface area contributed by atoms with Crippen molar-refractivity contribution in [1.29, 1.82) is 0 Å². The number of hydrogen-bond acceptors (Lipinski definition) is 3. The standard InChI is InChI=1S/C15H21N3/c1-11(2)10-18(3)15-14-7-5-4-6-13(14)12(8-16)9-17-15/h4-7,9,11H,8,10,16H2,1-3H3. The van der Waals surface area contributed by atoms with Crippen molar-refractivity contribution in [2.24, 2.45) is 11.7 Å². The third kappa shape index (κ3) is 2.46. The molecule has 0 saturated carbocycles. The lowest BCUT2D eigenvalue weighted by molar-refractivity contribution is 0.636. The van der Waals surface area contributed by atoms with Gasteiger partial charge in [-0.1, -0.05) is 38.1 Å². The Kier molecular flexibility index (Phi) is 3.82. The smallest absolute Gasteiger partial charge is 0.136 e. The summed E-state index contributed by atoms with van der Waals surface area (Å²) >= 11 is 0. The van der Waals surface area contributed by atoms with Crippen LogP contribution in [-0.4, -0.2) is 18.6 Å². The fourth-order valence-electron chi connectivity index (χ4n) is 2.34. The lowest BCUT2D eigenvalue weighted by Crippen LogP contribution is -2.23. The van der Waals surface area contributed by atoms with Gasteiger partial charge in [0, 0.05) is 31.7 Å². The van der Waals surface area contributed by atoms with Gasteiger partial charge in [0.25, 0.3) is 0 Å². The average molecular weight is 243 g/mol. The summed E-state index contributed by atoms with van der Waals surface area (Å²) in [4.78, 5) is 6.79. The molecule has 0 saturated heterocycles. The van der Waals surface area contributed by atoms with Gasteiger partial charge in [-0.2, -0.15) is 0 Å². The number of benzene rings is 1.